The van der Waals surface area contributed by atoms with Crippen LogP contribution in [0.25, 0.3) is 11.1 Å². The predicted octanol–water partition coefficient (Wildman–Crippen LogP) is 4.11. The molecular weight excluding hydrogens is 318 g/mol. The van der Waals surface area contributed by atoms with Gasteiger partial charge in [-0.15, -0.1) is 0 Å². The van der Waals surface area contributed by atoms with Gasteiger partial charge in [-0.2, -0.15) is 0 Å². The van der Waals surface area contributed by atoms with E-state index >= 15 is 0 Å². The maximum atomic E-state index is 11.4. The summed E-state index contributed by atoms with van der Waals surface area (Å²) in [6, 6.07) is 5.40. The summed E-state index contributed by atoms with van der Waals surface area (Å²) >= 11 is 9.44. The van der Waals surface area contributed by atoms with E-state index in [-0.39, 0.29) is 0 Å². The van der Waals surface area contributed by atoms with E-state index < -0.39 is 5.97 Å². The third-order valence-corrected chi connectivity index (χ3v) is 4.34. The van der Waals surface area contributed by atoms with Crippen LogP contribution in [-0.4, -0.2) is 15.6 Å². The molecule has 0 aliphatic heterocycles. The first kappa shape index (κ1) is 13.2. The van der Waals surface area contributed by atoms with E-state index in [0.29, 0.717) is 26.3 Å². The number of carboxylic acid groups (broad SMARTS) is 1. The van der Waals surface area contributed by atoms with Crippen LogP contribution < -0.4 is 0 Å². The number of halogens is 2. The highest BCUT2D eigenvalue weighted by Gasteiger charge is 2.20. The zero-order chi connectivity index (χ0) is 13.4. The van der Waals surface area contributed by atoms with Crippen molar-refractivity contribution in [1.29, 1.82) is 0 Å². The molecule has 3 nitrogen and oxygen atoms in total. The highest BCUT2D eigenvalue weighted by Crippen LogP contribution is 2.36. The number of carbonyl (C=O) groups is 1. The van der Waals surface area contributed by atoms with Crippen LogP contribution in [-0.2, 0) is 7.05 Å². The summed E-state index contributed by atoms with van der Waals surface area (Å²) in [4.78, 5) is 11.4. The first-order chi connectivity index (χ1) is 8.43. The van der Waals surface area contributed by atoms with Gasteiger partial charge < -0.3 is 9.67 Å². The lowest BCUT2D eigenvalue weighted by atomic mass is 10.0. The minimum Gasteiger partial charge on any atom is -0.478 e. The van der Waals surface area contributed by atoms with Gasteiger partial charge in [-0.3, -0.25) is 0 Å². The van der Waals surface area contributed by atoms with Gasteiger partial charge >= 0.3 is 5.97 Å². The molecule has 2 aromatic rings. The van der Waals surface area contributed by atoms with E-state index in [1.165, 1.54) is 0 Å². The average molecular weight is 329 g/mol. The molecule has 0 bridgehead atoms. The number of aromatic carboxylic acids is 1. The van der Waals surface area contributed by atoms with Gasteiger partial charge in [0.05, 0.1) is 10.6 Å². The third kappa shape index (κ3) is 2.06. The zero-order valence-corrected chi connectivity index (χ0v) is 12.2. The van der Waals surface area contributed by atoms with Crippen molar-refractivity contribution in [2.45, 2.75) is 6.92 Å². The summed E-state index contributed by atoms with van der Waals surface area (Å²) in [6.07, 6.45) is 1.80. The smallest absolute Gasteiger partial charge is 0.338 e. The van der Waals surface area contributed by atoms with E-state index in [4.69, 9.17) is 11.6 Å². The van der Waals surface area contributed by atoms with Gasteiger partial charge in [0.1, 0.15) is 0 Å². The van der Waals surface area contributed by atoms with E-state index in [1.807, 2.05) is 13.1 Å². The number of nitrogens with zero attached hydrogens (tertiary/aromatic N) is 1. The van der Waals surface area contributed by atoms with Crippen LogP contribution in [0.5, 0.6) is 0 Å². The van der Waals surface area contributed by atoms with Crippen molar-refractivity contribution in [3.63, 3.8) is 0 Å². The molecule has 0 aliphatic carbocycles. The number of hydrogen-bond donors (Lipinski definition) is 1. The molecule has 0 amide bonds. The molecule has 1 aromatic heterocycles. The van der Waals surface area contributed by atoms with Crippen molar-refractivity contribution in [3.8, 4) is 11.1 Å². The molecule has 0 spiro atoms. The van der Waals surface area contributed by atoms with Gasteiger partial charge in [0.2, 0.25) is 0 Å². The Kier molecular flexibility index (Phi) is 3.50. The van der Waals surface area contributed by atoms with Crippen LogP contribution in [0.2, 0.25) is 5.02 Å². The fraction of sp³-hybridized carbons (Fsp3) is 0.154. The van der Waals surface area contributed by atoms with E-state index in [2.05, 4.69) is 15.9 Å². The summed E-state index contributed by atoms with van der Waals surface area (Å²) in [5.74, 6) is -0.935. The van der Waals surface area contributed by atoms with Gasteiger partial charge in [-0.1, -0.05) is 23.7 Å². The molecule has 0 unspecified atom stereocenters. The summed E-state index contributed by atoms with van der Waals surface area (Å²) in [5, 5.41) is 9.88. The largest absolute Gasteiger partial charge is 0.478 e. The van der Waals surface area contributed by atoms with Gasteiger partial charge in [0.25, 0.3) is 0 Å². The summed E-state index contributed by atoms with van der Waals surface area (Å²) in [5.41, 5.74) is 2.46. The van der Waals surface area contributed by atoms with Crippen LogP contribution in [0.4, 0.5) is 0 Å². The zero-order valence-electron chi connectivity index (χ0n) is 9.87. The summed E-state index contributed by atoms with van der Waals surface area (Å²) in [7, 11) is 1.82. The summed E-state index contributed by atoms with van der Waals surface area (Å²) in [6.45, 7) is 1.78. The highest BCUT2D eigenvalue weighted by atomic mass is 79.9. The number of hydrogen-bond acceptors (Lipinski definition) is 1. The molecule has 1 N–H and O–H groups in total. The molecule has 0 atom stereocenters. The van der Waals surface area contributed by atoms with Crippen LogP contribution in [0, 0.1) is 6.92 Å². The Morgan fingerprint density at radius 2 is 2.06 bits per heavy atom. The molecule has 18 heavy (non-hydrogen) atoms. The molecule has 0 saturated carbocycles. The van der Waals surface area contributed by atoms with E-state index in [9.17, 15) is 9.90 Å². The Morgan fingerprint density at radius 3 is 2.67 bits per heavy atom. The minimum absolute atomic E-state index is 0.306. The van der Waals surface area contributed by atoms with Gasteiger partial charge in [-0.05, 0) is 34.5 Å². The molecule has 5 heteroatoms. The molecule has 1 aromatic carbocycles. The molecular formula is C13H11BrClNO2. The number of aromatic nitrogens is 1. The Bertz CT molecular complexity index is 634. The van der Waals surface area contributed by atoms with Crippen LogP contribution >= 0.6 is 27.5 Å². The van der Waals surface area contributed by atoms with Crippen molar-refractivity contribution >= 4 is 33.5 Å². The van der Waals surface area contributed by atoms with Crippen LogP contribution in [0.3, 0.4) is 0 Å². The normalized spacial score (nSPS) is 10.7. The van der Waals surface area contributed by atoms with Crippen molar-refractivity contribution in [1.82, 2.24) is 4.57 Å². The maximum absolute atomic E-state index is 11.4. The third-order valence-electron chi connectivity index (χ3n) is 2.94. The lowest BCUT2D eigenvalue weighted by molar-refractivity contribution is 0.0697. The van der Waals surface area contributed by atoms with Gasteiger partial charge in [0.15, 0.2) is 0 Å². The van der Waals surface area contributed by atoms with E-state index in [0.717, 1.165) is 5.56 Å². The van der Waals surface area contributed by atoms with Gasteiger partial charge in [-0.25, -0.2) is 4.79 Å². The number of aryl methyl sites for hydroxylation is 1. The first-order valence-corrected chi connectivity index (χ1v) is 6.44. The maximum Gasteiger partial charge on any atom is 0.338 e. The minimum atomic E-state index is -0.935. The molecule has 0 radical (unpaired) electrons. The number of rotatable bonds is 2. The van der Waals surface area contributed by atoms with Crippen LogP contribution in [0.15, 0.2) is 28.9 Å². The SMILES string of the molecule is Cc1c(C(=O)O)c(-c2cccc(Cl)c2Br)cn1C. The standard InChI is InChI=1S/C13H11BrClNO2/c1-7-11(13(17)18)9(6-16(7)2)8-4-3-5-10(15)12(8)14/h3-6H,1-2H3,(H,17,18). The lowest BCUT2D eigenvalue weighted by Crippen LogP contribution is -2.01. The molecule has 2 rings (SSSR count). The number of carboxylic acids is 1. The van der Waals surface area contributed by atoms with Crippen molar-refractivity contribution in [2.24, 2.45) is 7.05 Å². The summed E-state index contributed by atoms with van der Waals surface area (Å²) < 4.78 is 2.51. The second-order valence-corrected chi connectivity index (χ2v) is 5.22. The topological polar surface area (TPSA) is 42.2 Å². The quantitative estimate of drug-likeness (QED) is 0.901. The predicted molar refractivity (Wildman–Crippen MR) is 75.3 cm³/mol. The number of benzene rings is 1. The Morgan fingerprint density at radius 1 is 1.39 bits per heavy atom. The second-order valence-electron chi connectivity index (χ2n) is 4.02. The fourth-order valence-electron chi connectivity index (χ4n) is 1.91. The Labute approximate surface area is 118 Å². The Balaban J connectivity index is 2.75. The molecule has 0 aliphatic rings. The van der Waals surface area contributed by atoms with Gasteiger partial charge in [0, 0.05) is 29.0 Å². The van der Waals surface area contributed by atoms with E-state index in [1.54, 1.807) is 29.8 Å². The molecule has 1 heterocycles. The molecule has 0 fully saturated rings. The Hall–Kier alpha value is -1.26. The van der Waals surface area contributed by atoms with Crippen molar-refractivity contribution in [2.75, 3.05) is 0 Å². The van der Waals surface area contributed by atoms with Crippen molar-refractivity contribution in [3.05, 3.63) is 45.1 Å². The second kappa shape index (κ2) is 4.78. The molecule has 0 saturated heterocycles. The van der Waals surface area contributed by atoms with Crippen molar-refractivity contribution < 1.29 is 9.90 Å². The lowest BCUT2D eigenvalue weighted by Gasteiger charge is -2.05. The van der Waals surface area contributed by atoms with Crippen LogP contribution in [0.1, 0.15) is 16.1 Å². The average Bonchev–Trinajstić information content (AvgIpc) is 2.59. The first-order valence-electron chi connectivity index (χ1n) is 5.27. The molecule has 94 valence electrons. The fourth-order valence-corrected chi connectivity index (χ4v) is 2.56. The highest BCUT2D eigenvalue weighted by molar-refractivity contribution is 9.10. The monoisotopic (exact) mass is 327 g/mol.